The molecule has 3 aliphatic heterocycles. The summed E-state index contributed by atoms with van der Waals surface area (Å²) < 4.78 is 13.2. The molecule has 5 nitrogen and oxygen atoms in total. The first-order valence-corrected chi connectivity index (χ1v) is 12.2. The van der Waals surface area contributed by atoms with Gasteiger partial charge >= 0.3 is 5.97 Å². The molecule has 0 radical (unpaired) electrons. The van der Waals surface area contributed by atoms with E-state index in [0.29, 0.717) is 17.7 Å². The van der Waals surface area contributed by atoms with E-state index in [-0.39, 0.29) is 0 Å². The number of nitrogens with zero attached hydrogens (tertiary/aromatic N) is 1. The minimum atomic E-state index is -1.76. The topological polar surface area (TPSA) is 55.8 Å². The molecule has 0 saturated carbocycles. The van der Waals surface area contributed by atoms with E-state index in [4.69, 9.17) is 9.47 Å². The predicted octanol–water partition coefficient (Wildman–Crippen LogP) is 4.28. The maximum absolute atomic E-state index is 13.7. The highest BCUT2D eigenvalue weighted by Crippen LogP contribution is 2.49. The van der Waals surface area contributed by atoms with Crippen LogP contribution in [0.2, 0.25) is 0 Å². The molecule has 0 atom stereocenters. The lowest BCUT2D eigenvalue weighted by molar-refractivity contribution is -0.944. The van der Waals surface area contributed by atoms with Crippen molar-refractivity contribution >= 4 is 5.97 Å². The van der Waals surface area contributed by atoms with Crippen molar-refractivity contribution < 1.29 is 23.9 Å². The second kappa shape index (κ2) is 7.97. The van der Waals surface area contributed by atoms with Crippen LogP contribution in [0.1, 0.15) is 30.4 Å². The summed E-state index contributed by atoms with van der Waals surface area (Å²) in [7, 11) is 0. The molecule has 3 aromatic rings. The Morgan fingerprint density at radius 1 is 0.794 bits per heavy atom. The van der Waals surface area contributed by atoms with Crippen molar-refractivity contribution in [3.05, 3.63) is 90.0 Å². The zero-order valence-corrected chi connectivity index (χ0v) is 19.3. The predicted molar refractivity (Wildman–Crippen MR) is 129 cm³/mol. The number of ether oxygens (including phenoxy) is 2. The molecular formula is C29H30NO4+. The van der Waals surface area contributed by atoms with Gasteiger partial charge in [-0.2, -0.15) is 0 Å². The SMILES string of the molecule is O=C(OC12CC[N+](CCOc3ccccc3)(CC1)CC2)C1(O)c2ccccc2-c2ccccc21. The summed E-state index contributed by atoms with van der Waals surface area (Å²) >= 11 is 0. The van der Waals surface area contributed by atoms with E-state index in [1.807, 2.05) is 78.9 Å². The lowest BCUT2D eigenvalue weighted by atomic mass is 9.80. The van der Waals surface area contributed by atoms with Gasteiger partial charge in [0.2, 0.25) is 5.60 Å². The van der Waals surface area contributed by atoms with Gasteiger partial charge in [-0.25, -0.2) is 4.79 Å². The first-order chi connectivity index (χ1) is 16.5. The first-order valence-electron chi connectivity index (χ1n) is 12.2. The van der Waals surface area contributed by atoms with Crippen LogP contribution in [0.25, 0.3) is 11.1 Å². The van der Waals surface area contributed by atoms with E-state index >= 15 is 0 Å². The van der Waals surface area contributed by atoms with E-state index in [2.05, 4.69) is 0 Å². The monoisotopic (exact) mass is 456 g/mol. The highest BCUT2D eigenvalue weighted by molar-refractivity contribution is 5.96. The number of aliphatic hydroxyl groups is 1. The fraction of sp³-hybridized carbons (Fsp3) is 0.345. The number of rotatable bonds is 6. The Hall–Kier alpha value is -3.15. The molecule has 0 aromatic heterocycles. The largest absolute Gasteiger partial charge is 0.488 e. The van der Waals surface area contributed by atoms with E-state index in [0.717, 1.165) is 66.8 Å². The Balaban J connectivity index is 1.16. The number of benzene rings is 3. The fourth-order valence-electron chi connectivity index (χ4n) is 6.10. The number of quaternary nitrogens is 1. The zero-order valence-electron chi connectivity index (χ0n) is 19.3. The highest BCUT2D eigenvalue weighted by Gasteiger charge is 2.56. The number of carbonyl (C=O) groups excluding carboxylic acids is 1. The Labute approximate surface area is 200 Å². The average molecular weight is 457 g/mol. The third-order valence-electron chi connectivity index (χ3n) is 8.23. The van der Waals surface area contributed by atoms with Crippen LogP contribution in [0.4, 0.5) is 0 Å². The number of para-hydroxylation sites is 1. The summed E-state index contributed by atoms with van der Waals surface area (Å²) in [5.41, 5.74) is 0.791. The van der Waals surface area contributed by atoms with Gasteiger partial charge in [-0.1, -0.05) is 66.7 Å². The third-order valence-corrected chi connectivity index (χ3v) is 8.23. The van der Waals surface area contributed by atoms with Crippen molar-refractivity contribution in [1.82, 2.24) is 0 Å². The fourth-order valence-corrected chi connectivity index (χ4v) is 6.10. The highest BCUT2D eigenvalue weighted by atomic mass is 16.6. The molecule has 0 spiro atoms. The summed E-state index contributed by atoms with van der Waals surface area (Å²) in [5.74, 6) is 0.363. The molecule has 0 amide bonds. The Morgan fingerprint density at radius 3 is 1.91 bits per heavy atom. The molecule has 7 rings (SSSR count). The van der Waals surface area contributed by atoms with Gasteiger partial charge in [0.05, 0.1) is 19.6 Å². The molecule has 34 heavy (non-hydrogen) atoms. The van der Waals surface area contributed by atoms with Crippen LogP contribution in [-0.2, 0) is 15.1 Å². The quantitative estimate of drug-likeness (QED) is 0.444. The second-order valence-electron chi connectivity index (χ2n) is 10.0. The number of carbonyl (C=O) groups is 1. The van der Waals surface area contributed by atoms with E-state index < -0.39 is 17.2 Å². The Bertz CT molecular complexity index is 1150. The van der Waals surface area contributed by atoms with Crippen molar-refractivity contribution in [2.75, 3.05) is 32.8 Å². The molecule has 3 saturated heterocycles. The molecule has 1 N–H and O–H groups in total. The van der Waals surface area contributed by atoms with Gasteiger partial charge in [0.15, 0.2) is 0 Å². The zero-order chi connectivity index (χ0) is 23.2. The molecule has 3 heterocycles. The lowest BCUT2D eigenvalue weighted by Gasteiger charge is -2.54. The minimum Gasteiger partial charge on any atom is -0.488 e. The number of fused-ring (bicyclic) bond motifs is 6. The maximum Gasteiger partial charge on any atom is 0.348 e. The molecule has 1 aliphatic carbocycles. The lowest BCUT2D eigenvalue weighted by Crippen LogP contribution is -2.66. The smallest absolute Gasteiger partial charge is 0.348 e. The van der Waals surface area contributed by atoms with E-state index in [1.165, 1.54) is 0 Å². The Kier molecular flexibility index (Phi) is 5.01. The van der Waals surface area contributed by atoms with Crippen molar-refractivity contribution in [1.29, 1.82) is 0 Å². The van der Waals surface area contributed by atoms with Crippen molar-refractivity contribution in [2.45, 2.75) is 30.5 Å². The van der Waals surface area contributed by atoms with E-state index in [1.54, 1.807) is 0 Å². The van der Waals surface area contributed by atoms with Crippen LogP contribution < -0.4 is 4.74 Å². The van der Waals surface area contributed by atoms with E-state index in [9.17, 15) is 9.90 Å². The summed E-state index contributed by atoms with van der Waals surface area (Å²) in [4.78, 5) is 13.7. The van der Waals surface area contributed by atoms with Crippen LogP contribution >= 0.6 is 0 Å². The van der Waals surface area contributed by atoms with Crippen molar-refractivity contribution in [3.8, 4) is 16.9 Å². The molecule has 174 valence electrons. The molecule has 3 fully saturated rings. The van der Waals surface area contributed by atoms with Gasteiger partial charge < -0.3 is 19.1 Å². The molecule has 4 aliphatic rings. The molecule has 3 aromatic carbocycles. The third kappa shape index (κ3) is 3.34. The number of hydrogen-bond donors (Lipinski definition) is 1. The standard InChI is InChI=1S/C29H30NO4/c31-27(29(32)25-12-6-4-10-23(25)24-11-5-7-13-26(24)29)34-28-14-17-30(18-15-28,19-16-28)20-21-33-22-8-2-1-3-9-22/h1-13,32H,14-21H2/q+1. The van der Waals surface area contributed by atoms with Crippen LogP contribution in [0.15, 0.2) is 78.9 Å². The van der Waals surface area contributed by atoms with Gasteiger partial charge in [-0.3, -0.25) is 0 Å². The van der Waals surface area contributed by atoms with Gasteiger partial charge in [0.1, 0.15) is 24.5 Å². The van der Waals surface area contributed by atoms with Gasteiger partial charge in [-0.05, 0) is 23.3 Å². The van der Waals surface area contributed by atoms with Crippen molar-refractivity contribution in [3.63, 3.8) is 0 Å². The molecule has 2 bridgehead atoms. The normalized spacial score (nSPS) is 25.9. The molecule has 5 heteroatoms. The van der Waals surface area contributed by atoms with Crippen LogP contribution in [-0.4, -0.2) is 53.9 Å². The summed E-state index contributed by atoms with van der Waals surface area (Å²) in [6.07, 6.45) is 2.47. The Morgan fingerprint density at radius 2 is 1.32 bits per heavy atom. The number of hydrogen-bond acceptors (Lipinski definition) is 4. The summed E-state index contributed by atoms with van der Waals surface area (Å²) in [6, 6.07) is 25.1. The summed E-state index contributed by atoms with van der Waals surface area (Å²) in [5, 5.41) is 11.8. The second-order valence-corrected chi connectivity index (χ2v) is 10.0. The van der Waals surface area contributed by atoms with Gasteiger partial charge in [-0.15, -0.1) is 0 Å². The summed E-state index contributed by atoms with van der Waals surface area (Å²) in [6.45, 7) is 4.55. The average Bonchev–Trinajstić information content (AvgIpc) is 3.16. The number of esters is 1. The minimum absolute atomic E-state index is 0.487. The molecular weight excluding hydrogens is 426 g/mol. The number of piperidine rings is 3. The van der Waals surface area contributed by atoms with Gasteiger partial charge in [0.25, 0.3) is 0 Å². The van der Waals surface area contributed by atoms with Crippen LogP contribution in [0.5, 0.6) is 5.75 Å². The van der Waals surface area contributed by atoms with Crippen LogP contribution in [0, 0.1) is 0 Å². The van der Waals surface area contributed by atoms with Crippen LogP contribution in [0.3, 0.4) is 0 Å². The maximum atomic E-state index is 13.7. The van der Waals surface area contributed by atoms with Crippen molar-refractivity contribution in [2.24, 2.45) is 0 Å². The first kappa shape index (κ1) is 21.4. The van der Waals surface area contributed by atoms with Gasteiger partial charge in [0, 0.05) is 30.4 Å². The molecule has 0 unspecified atom stereocenters.